The van der Waals surface area contributed by atoms with Gasteiger partial charge in [0.2, 0.25) is 5.60 Å². The van der Waals surface area contributed by atoms with Crippen LogP contribution in [0.4, 0.5) is 17.6 Å². The maximum atomic E-state index is 12.9. The quantitative estimate of drug-likeness (QED) is 0.643. The molecule has 0 fully saturated rings. The number of alkyl halides is 6. The van der Waals surface area contributed by atoms with Crippen molar-refractivity contribution >= 4 is 23.2 Å². The van der Waals surface area contributed by atoms with Crippen LogP contribution in [0.5, 0.6) is 0 Å². The van der Waals surface area contributed by atoms with Crippen LogP contribution in [-0.4, -0.2) is 21.5 Å². The molecule has 102 valence electrons. The zero-order valence-corrected chi connectivity index (χ0v) is 10.5. The van der Waals surface area contributed by atoms with Crippen molar-refractivity contribution in [1.29, 1.82) is 0 Å². The molecule has 0 amide bonds. The first-order valence-electron chi connectivity index (χ1n) is 4.98. The molecule has 0 saturated heterocycles. The lowest BCUT2D eigenvalue weighted by molar-refractivity contribution is -0.219. The molecule has 0 radical (unpaired) electrons. The third-order valence-corrected chi connectivity index (χ3v) is 3.18. The third-order valence-electron chi connectivity index (χ3n) is 2.56. The molecule has 1 rings (SSSR count). The molecule has 0 aromatic heterocycles. The van der Waals surface area contributed by atoms with Crippen LogP contribution < -0.4 is 0 Å². The van der Waals surface area contributed by atoms with Crippen molar-refractivity contribution in [2.45, 2.75) is 29.2 Å². The summed E-state index contributed by atoms with van der Waals surface area (Å²) >= 11 is 9.09. The number of halogens is 6. The van der Waals surface area contributed by atoms with Crippen LogP contribution in [0.2, 0.25) is 0 Å². The number of benzene rings is 1. The van der Waals surface area contributed by atoms with E-state index in [2.05, 4.69) is 23.2 Å². The van der Waals surface area contributed by atoms with E-state index in [9.17, 15) is 22.7 Å². The molecule has 0 spiro atoms. The van der Waals surface area contributed by atoms with Gasteiger partial charge in [-0.3, -0.25) is 0 Å². The van der Waals surface area contributed by atoms with Gasteiger partial charge in [-0.25, -0.2) is 0 Å². The van der Waals surface area contributed by atoms with Gasteiger partial charge in [0.25, 0.3) is 0 Å². The average Bonchev–Trinajstić information content (AvgIpc) is 2.24. The summed E-state index contributed by atoms with van der Waals surface area (Å²) in [6, 6.07) is 8.03. The van der Waals surface area contributed by atoms with E-state index in [0.717, 1.165) is 0 Å². The zero-order chi connectivity index (χ0) is 14.0. The van der Waals surface area contributed by atoms with Gasteiger partial charge in [0, 0.05) is 0 Å². The molecule has 0 heterocycles. The summed E-state index contributed by atoms with van der Waals surface area (Å²) in [5.41, 5.74) is -3.29. The van der Waals surface area contributed by atoms with Gasteiger partial charge >= 0.3 is 10.8 Å². The Morgan fingerprint density at radius 1 is 0.944 bits per heavy atom. The van der Waals surface area contributed by atoms with E-state index in [-0.39, 0.29) is 6.42 Å². The van der Waals surface area contributed by atoms with E-state index in [1.54, 1.807) is 30.3 Å². The van der Waals surface area contributed by atoms with Crippen LogP contribution in [-0.2, 0) is 6.42 Å². The van der Waals surface area contributed by atoms with Crippen molar-refractivity contribution in [2.24, 2.45) is 0 Å². The minimum absolute atomic E-state index is 0.206. The summed E-state index contributed by atoms with van der Waals surface area (Å²) < 4.78 is 51.7. The molecule has 0 aliphatic rings. The second-order valence-corrected chi connectivity index (χ2v) is 4.79. The fourth-order valence-electron chi connectivity index (χ4n) is 1.41. The van der Waals surface area contributed by atoms with Crippen LogP contribution in [0.25, 0.3) is 0 Å². The second-order valence-electron chi connectivity index (χ2n) is 3.84. The highest BCUT2D eigenvalue weighted by molar-refractivity contribution is 6.26. The van der Waals surface area contributed by atoms with E-state index in [0.29, 0.717) is 5.56 Å². The van der Waals surface area contributed by atoms with Gasteiger partial charge in [-0.2, -0.15) is 17.6 Å². The Labute approximate surface area is 111 Å². The van der Waals surface area contributed by atoms with Crippen molar-refractivity contribution in [2.75, 3.05) is 0 Å². The molecular formula is C11H10Cl2F4O. The van der Waals surface area contributed by atoms with E-state index < -0.39 is 22.8 Å². The van der Waals surface area contributed by atoms with Crippen molar-refractivity contribution in [1.82, 2.24) is 0 Å². The van der Waals surface area contributed by atoms with Crippen LogP contribution in [0.3, 0.4) is 0 Å². The third kappa shape index (κ3) is 3.28. The van der Waals surface area contributed by atoms with Crippen LogP contribution in [0, 0.1) is 0 Å². The Kier molecular flexibility index (Phi) is 4.51. The molecule has 1 N–H and O–H groups in total. The molecule has 18 heavy (non-hydrogen) atoms. The van der Waals surface area contributed by atoms with Crippen molar-refractivity contribution in [3.63, 3.8) is 0 Å². The van der Waals surface area contributed by atoms with Gasteiger partial charge in [-0.05, 0) is 41.6 Å². The monoisotopic (exact) mass is 304 g/mol. The lowest BCUT2D eigenvalue weighted by Gasteiger charge is -2.34. The number of aryl methyl sites for hydroxylation is 1. The maximum absolute atomic E-state index is 12.9. The van der Waals surface area contributed by atoms with Crippen LogP contribution in [0.1, 0.15) is 12.0 Å². The van der Waals surface area contributed by atoms with Gasteiger partial charge in [-0.1, -0.05) is 30.3 Å². The second kappa shape index (κ2) is 5.23. The normalized spacial score (nSPS) is 13.7. The van der Waals surface area contributed by atoms with Gasteiger partial charge in [0.1, 0.15) is 0 Å². The topological polar surface area (TPSA) is 20.2 Å². The van der Waals surface area contributed by atoms with Gasteiger partial charge in [0.15, 0.2) is 0 Å². The molecule has 0 aliphatic carbocycles. The lowest BCUT2D eigenvalue weighted by atomic mass is 9.95. The Morgan fingerprint density at radius 3 is 1.78 bits per heavy atom. The lowest BCUT2D eigenvalue weighted by Crippen LogP contribution is -2.56. The summed E-state index contributed by atoms with van der Waals surface area (Å²) in [4.78, 5) is 0. The van der Waals surface area contributed by atoms with E-state index in [4.69, 9.17) is 0 Å². The molecule has 1 aromatic rings. The smallest absolute Gasteiger partial charge is 0.357 e. The first-order valence-corrected chi connectivity index (χ1v) is 5.73. The first kappa shape index (κ1) is 15.5. The van der Waals surface area contributed by atoms with Crippen molar-refractivity contribution in [3.05, 3.63) is 35.9 Å². The standard InChI is InChI=1S/C11H10Cl2F4O/c12-10(14,15)9(18,11(13,16)17)7-6-8-4-2-1-3-5-8/h1-5,18H,6-7H2. The fourth-order valence-corrected chi connectivity index (χ4v) is 1.89. The number of aliphatic hydroxyl groups is 1. The molecule has 0 saturated carbocycles. The predicted octanol–water partition coefficient (Wildman–Crippen LogP) is 4.01. The molecule has 7 heteroatoms. The van der Waals surface area contributed by atoms with E-state index >= 15 is 0 Å². The Morgan fingerprint density at radius 2 is 1.39 bits per heavy atom. The molecule has 0 atom stereocenters. The SMILES string of the molecule is OC(CCc1ccccc1)(C(F)(F)Cl)C(F)(F)Cl. The largest absolute Gasteiger partial charge is 0.376 e. The highest BCUT2D eigenvalue weighted by Crippen LogP contribution is 2.48. The molecular weight excluding hydrogens is 295 g/mol. The molecule has 0 aliphatic heterocycles. The first-order chi connectivity index (χ1) is 8.08. The number of rotatable bonds is 5. The fraction of sp³-hybridized carbons (Fsp3) is 0.455. The molecule has 0 bridgehead atoms. The Hall–Kier alpha value is -0.520. The highest BCUT2D eigenvalue weighted by atomic mass is 35.5. The van der Waals surface area contributed by atoms with E-state index in [1.807, 2.05) is 0 Å². The Bertz CT molecular complexity index is 372. The van der Waals surface area contributed by atoms with Gasteiger partial charge in [-0.15, -0.1) is 0 Å². The predicted molar refractivity (Wildman–Crippen MR) is 61.3 cm³/mol. The molecule has 1 aromatic carbocycles. The Balaban J connectivity index is 2.89. The summed E-state index contributed by atoms with van der Waals surface area (Å²) in [6.45, 7) is 0. The van der Waals surface area contributed by atoms with Crippen molar-refractivity contribution < 1.29 is 22.7 Å². The summed E-state index contributed by atoms with van der Waals surface area (Å²) in [5, 5.41) is 0.312. The molecule has 1 nitrogen and oxygen atoms in total. The summed E-state index contributed by atoms with van der Waals surface area (Å²) in [7, 11) is 0. The summed E-state index contributed by atoms with van der Waals surface area (Å²) in [6.07, 6.45) is -1.17. The van der Waals surface area contributed by atoms with Gasteiger partial charge < -0.3 is 5.11 Å². The van der Waals surface area contributed by atoms with E-state index in [1.165, 1.54) is 0 Å². The minimum atomic E-state index is -4.53. The maximum Gasteiger partial charge on any atom is 0.357 e. The summed E-state index contributed by atoms with van der Waals surface area (Å²) in [5.74, 6) is 0. The van der Waals surface area contributed by atoms with Gasteiger partial charge in [0.05, 0.1) is 0 Å². The molecule has 0 unspecified atom stereocenters. The number of hydrogen-bond acceptors (Lipinski definition) is 1. The van der Waals surface area contributed by atoms with Crippen LogP contribution in [0.15, 0.2) is 30.3 Å². The number of hydrogen-bond donors (Lipinski definition) is 1. The zero-order valence-electron chi connectivity index (χ0n) is 9.02. The minimum Gasteiger partial charge on any atom is -0.376 e. The average molecular weight is 305 g/mol. The van der Waals surface area contributed by atoms with Crippen molar-refractivity contribution in [3.8, 4) is 0 Å². The highest BCUT2D eigenvalue weighted by Gasteiger charge is 2.66. The van der Waals surface area contributed by atoms with Crippen LogP contribution >= 0.6 is 23.2 Å².